The highest BCUT2D eigenvalue weighted by molar-refractivity contribution is 7.90. The largest absolute Gasteiger partial charge is 0.450 e. The van der Waals surface area contributed by atoms with Crippen LogP contribution < -0.4 is 10.6 Å². The number of hydrogen-bond acceptors (Lipinski definition) is 6. The monoisotopic (exact) mass is 448 g/mol. The van der Waals surface area contributed by atoms with E-state index < -0.39 is 9.84 Å². The van der Waals surface area contributed by atoms with Crippen LogP contribution in [0.15, 0.2) is 35.2 Å². The van der Waals surface area contributed by atoms with E-state index in [4.69, 9.17) is 4.74 Å². The van der Waals surface area contributed by atoms with Crippen LogP contribution in [-0.4, -0.2) is 49.5 Å². The van der Waals surface area contributed by atoms with Gasteiger partial charge in [-0.15, -0.1) is 0 Å². The van der Waals surface area contributed by atoms with Crippen molar-refractivity contribution in [3.63, 3.8) is 0 Å². The van der Waals surface area contributed by atoms with Crippen LogP contribution in [0.5, 0.6) is 0 Å². The number of aromatic nitrogens is 2. The molecule has 1 heterocycles. The Labute approximate surface area is 181 Å². The number of ether oxygens (including phenoxy) is 1. The lowest BCUT2D eigenvalue weighted by Crippen LogP contribution is -2.33. The van der Waals surface area contributed by atoms with Gasteiger partial charge in [0.1, 0.15) is 0 Å². The summed E-state index contributed by atoms with van der Waals surface area (Å²) in [6.07, 6.45) is 3.93. The van der Waals surface area contributed by atoms with Crippen molar-refractivity contribution >= 4 is 27.7 Å². The molecular formula is C21H28N4O5S. The Morgan fingerprint density at radius 1 is 1.26 bits per heavy atom. The average molecular weight is 449 g/mol. The van der Waals surface area contributed by atoms with E-state index in [-0.39, 0.29) is 35.3 Å². The second-order valence-corrected chi connectivity index (χ2v) is 9.78. The molecule has 1 fully saturated rings. The van der Waals surface area contributed by atoms with Crippen molar-refractivity contribution in [3.8, 4) is 0 Å². The van der Waals surface area contributed by atoms with E-state index in [1.54, 1.807) is 24.3 Å². The van der Waals surface area contributed by atoms with Crippen molar-refractivity contribution in [1.29, 1.82) is 0 Å². The summed E-state index contributed by atoms with van der Waals surface area (Å²) in [6, 6.07) is 8.28. The smallest absolute Gasteiger partial charge is 0.407 e. The molecule has 31 heavy (non-hydrogen) atoms. The zero-order valence-electron chi connectivity index (χ0n) is 17.7. The fraction of sp³-hybridized carbons (Fsp3) is 0.476. The summed E-state index contributed by atoms with van der Waals surface area (Å²) in [5.41, 5.74) is 1.33. The molecule has 10 heteroatoms. The highest BCUT2D eigenvalue weighted by Crippen LogP contribution is 2.34. The first-order chi connectivity index (χ1) is 14.8. The maximum absolute atomic E-state index is 12.4. The molecule has 1 aliphatic rings. The summed E-state index contributed by atoms with van der Waals surface area (Å²) in [4.78, 5) is 24.3. The van der Waals surface area contributed by atoms with Crippen LogP contribution in [0, 0.1) is 0 Å². The summed E-state index contributed by atoms with van der Waals surface area (Å²) in [6.45, 7) is 2.35. The zero-order valence-corrected chi connectivity index (χ0v) is 18.5. The number of carbonyl (C=O) groups is 2. The van der Waals surface area contributed by atoms with E-state index in [0.29, 0.717) is 18.0 Å². The zero-order chi connectivity index (χ0) is 22.4. The Morgan fingerprint density at radius 2 is 2.03 bits per heavy atom. The van der Waals surface area contributed by atoms with E-state index in [9.17, 15) is 18.0 Å². The minimum atomic E-state index is -3.42. The number of nitrogens with one attached hydrogen (secondary N) is 3. The maximum atomic E-state index is 12.4. The Bertz CT molecular complexity index is 1030. The number of anilines is 1. The topological polar surface area (TPSA) is 130 Å². The number of benzene rings is 1. The minimum absolute atomic E-state index is 0.0446. The van der Waals surface area contributed by atoms with E-state index in [0.717, 1.165) is 37.6 Å². The number of carbonyl (C=O) groups excluding carboxylic acids is 2. The third-order valence-corrected chi connectivity index (χ3v) is 6.42. The lowest BCUT2D eigenvalue weighted by Gasteiger charge is -2.12. The first kappa shape index (κ1) is 22.8. The summed E-state index contributed by atoms with van der Waals surface area (Å²) in [5, 5.41) is 12.7. The predicted molar refractivity (Wildman–Crippen MR) is 116 cm³/mol. The standard InChI is InChI=1S/C21H28N4O5S/c1-3-10-30-21(27)22-16-9-8-14(11-16)17-13-19(25-24-17)23-20(26)12-15-6-4-5-7-18(15)31(2,28)29/h4-7,13-14,16H,3,8-12H2,1-2H3,(H,22,27)(H2,23,24,25,26). The highest BCUT2D eigenvalue weighted by Gasteiger charge is 2.29. The second kappa shape index (κ2) is 9.95. The first-order valence-corrected chi connectivity index (χ1v) is 12.2. The van der Waals surface area contributed by atoms with Crippen LogP contribution in [0.3, 0.4) is 0 Å². The molecule has 0 aliphatic heterocycles. The van der Waals surface area contributed by atoms with Gasteiger partial charge in [-0.25, -0.2) is 13.2 Å². The molecule has 2 atom stereocenters. The van der Waals surface area contributed by atoms with Crippen molar-refractivity contribution < 1.29 is 22.7 Å². The third kappa shape index (κ3) is 6.30. The third-order valence-electron chi connectivity index (χ3n) is 5.22. The SMILES string of the molecule is CCCOC(=O)NC1CCC(c2cc(NC(=O)Cc3ccccc3S(C)(=O)=O)n[nH]2)C1. The van der Waals surface area contributed by atoms with Gasteiger partial charge in [0.2, 0.25) is 5.91 Å². The van der Waals surface area contributed by atoms with Crippen molar-refractivity contribution in [2.45, 2.75) is 55.9 Å². The number of alkyl carbamates (subject to hydrolysis) is 1. The fourth-order valence-corrected chi connectivity index (χ4v) is 4.72. The van der Waals surface area contributed by atoms with E-state index >= 15 is 0 Å². The molecule has 2 amide bonds. The molecule has 0 bridgehead atoms. The first-order valence-electron chi connectivity index (χ1n) is 10.3. The maximum Gasteiger partial charge on any atom is 0.407 e. The number of sulfone groups is 1. The Balaban J connectivity index is 1.55. The Kier molecular flexibility index (Phi) is 7.32. The van der Waals surface area contributed by atoms with Gasteiger partial charge in [-0.1, -0.05) is 25.1 Å². The van der Waals surface area contributed by atoms with Gasteiger partial charge in [-0.05, 0) is 37.3 Å². The molecule has 1 aliphatic carbocycles. The van der Waals surface area contributed by atoms with E-state index in [1.807, 2.05) is 6.92 Å². The quantitative estimate of drug-likeness (QED) is 0.569. The molecule has 3 N–H and O–H groups in total. The van der Waals surface area contributed by atoms with Crippen molar-refractivity contribution in [3.05, 3.63) is 41.6 Å². The Morgan fingerprint density at radius 3 is 2.77 bits per heavy atom. The molecular weight excluding hydrogens is 420 g/mol. The van der Waals surface area contributed by atoms with Gasteiger partial charge in [0.05, 0.1) is 17.9 Å². The molecule has 1 saturated carbocycles. The number of amides is 2. The predicted octanol–water partition coefficient (Wildman–Crippen LogP) is 2.77. The van der Waals surface area contributed by atoms with Crippen LogP contribution >= 0.6 is 0 Å². The normalized spacial score (nSPS) is 18.5. The van der Waals surface area contributed by atoms with Crippen molar-refractivity contribution in [2.24, 2.45) is 0 Å². The number of nitrogens with zero attached hydrogens (tertiary/aromatic N) is 1. The van der Waals surface area contributed by atoms with Gasteiger partial charge in [0.25, 0.3) is 0 Å². The van der Waals surface area contributed by atoms with Crippen molar-refractivity contribution in [2.75, 3.05) is 18.2 Å². The molecule has 9 nitrogen and oxygen atoms in total. The van der Waals surface area contributed by atoms with Crippen LogP contribution in [0.2, 0.25) is 0 Å². The lowest BCUT2D eigenvalue weighted by molar-refractivity contribution is -0.115. The van der Waals surface area contributed by atoms with Crippen molar-refractivity contribution in [1.82, 2.24) is 15.5 Å². The van der Waals surface area contributed by atoms with Crippen LogP contribution in [-0.2, 0) is 25.8 Å². The van der Waals surface area contributed by atoms with Gasteiger partial charge in [0.15, 0.2) is 15.7 Å². The van der Waals surface area contributed by atoms with Crippen LogP contribution in [0.25, 0.3) is 0 Å². The van der Waals surface area contributed by atoms with Gasteiger partial charge in [-0.2, -0.15) is 5.10 Å². The highest BCUT2D eigenvalue weighted by atomic mass is 32.2. The Hall–Kier alpha value is -2.88. The van der Waals surface area contributed by atoms with Crippen LogP contribution in [0.4, 0.5) is 10.6 Å². The number of rotatable bonds is 8. The molecule has 3 rings (SSSR count). The number of aromatic amines is 1. The van der Waals surface area contributed by atoms with Gasteiger partial charge in [0, 0.05) is 30.0 Å². The molecule has 0 spiro atoms. The summed E-state index contributed by atoms with van der Waals surface area (Å²) in [7, 11) is -3.42. The van der Waals surface area contributed by atoms with Gasteiger partial charge in [-0.3, -0.25) is 9.89 Å². The molecule has 1 aromatic carbocycles. The molecule has 168 valence electrons. The minimum Gasteiger partial charge on any atom is -0.450 e. The molecule has 2 unspecified atom stereocenters. The summed E-state index contributed by atoms with van der Waals surface area (Å²) >= 11 is 0. The number of hydrogen-bond donors (Lipinski definition) is 3. The second-order valence-electron chi connectivity index (χ2n) is 7.80. The number of H-pyrrole nitrogens is 1. The van der Waals surface area contributed by atoms with Gasteiger partial charge < -0.3 is 15.4 Å². The summed E-state index contributed by atoms with van der Waals surface area (Å²) in [5.74, 6) is 0.231. The summed E-state index contributed by atoms with van der Waals surface area (Å²) < 4.78 is 28.9. The molecule has 0 radical (unpaired) electrons. The fourth-order valence-electron chi connectivity index (χ4n) is 3.78. The average Bonchev–Trinajstić information content (AvgIpc) is 3.35. The van der Waals surface area contributed by atoms with Gasteiger partial charge >= 0.3 is 6.09 Å². The lowest BCUT2D eigenvalue weighted by atomic mass is 10.0. The molecule has 1 aromatic heterocycles. The van der Waals surface area contributed by atoms with Crippen LogP contribution in [0.1, 0.15) is 49.8 Å². The molecule has 0 saturated heterocycles. The van der Waals surface area contributed by atoms with E-state index in [1.165, 1.54) is 6.07 Å². The van der Waals surface area contributed by atoms with E-state index in [2.05, 4.69) is 20.8 Å². The molecule has 2 aromatic rings.